The van der Waals surface area contributed by atoms with E-state index in [9.17, 15) is 4.79 Å². The number of carbonyl (C=O) groups excluding carboxylic acids is 1. The molecule has 0 saturated heterocycles. The number of nitrogens with zero attached hydrogens (tertiary/aromatic N) is 2. The van der Waals surface area contributed by atoms with E-state index in [0.29, 0.717) is 34.5 Å². The molecule has 0 bridgehead atoms. The summed E-state index contributed by atoms with van der Waals surface area (Å²) in [5.74, 6) is 1.74. The van der Waals surface area contributed by atoms with Crippen LogP contribution in [0.5, 0.6) is 11.5 Å². The normalized spacial score (nSPS) is 10.1. The van der Waals surface area contributed by atoms with Crippen molar-refractivity contribution in [2.45, 2.75) is 0 Å². The number of methoxy groups -OCH3 is 3. The number of esters is 1. The Balaban J connectivity index is 1.83. The van der Waals surface area contributed by atoms with Gasteiger partial charge in [-0.1, -0.05) is 12.1 Å². The summed E-state index contributed by atoms with van der Waals surface area (Å²) in [5, 5.41) is 6.23. The van der Waals surface area contributed by atoms with Crippen molar-refractivity contribution in [3.63, 3.8) is 0 Å². The highest BCUT2D eigenvalue weighted by molar-refractivity contribution is 5.96. The van der Waals surface area contributed by atoms with Crippen LogP contribution in [0.25, 0.3) is 0 Å². The Hall–Kier alpha value is -3.81. The number of nitrogens with one attached hydrogen (secondary N) is 2. The molecule has 0 atom stereocenters. The number of anilines is 4. The van der Waals surface area contributed by atoms with E-state index in [2.05, 4.69) is 20.6 Å². The van der Waals surface area contributed by atoms with E-state index in [1.54, 1.807) is 56.8 Å². The Kier molecular flexibility index (Phi) is 5.91. The van der Waals surface area contributed by atoms with Crippen LogP contribution in [0.4, 0.5) is 23.1 Å². The highest BCUT2D eigenvalue weighted by Crippen LogP contribution is 2.31. The van der Waals surface area contributed by atoms with Gasteiger partial charge in [-0.05, 0) is 30.3 Å². The second kappa shape index (κ2) is 8.72. The van der Waals surface area contributed by atoms with Crippen molar-refractivity contribution in [3.8, 4) is 11.5 Å². The molecular formula is C20H20N4O4. The molecule has 0 saturated carbocycles. The summed E-state index contributed by atoms with van der Waals surface area (Å²) < 4.78 is 15.4. The minimum absolute atomic E-state index is 0.328. The predicted molar refractivity (Wildman–Crippen MR) is 106 cm³/mol. The Morgan fingerprint density at radius 1 is 0.929 bits per heavy atom. The number of carbonyl (C=O) groups is 1. The van der Waals surface area contributed by atoms with Gasteiger partial charge in [0.05, 0.1) is 38.3 Å². The van der Waals surface area contributed by atoms with E-state index in [-0.39, 0.29) is 0 Å². The van der Waals surface area contributed by atoms with Gasteiger partial charge in [-0.25, -0.2) is 9.78 Å². The lowest BCUT2D eigenvalue weighted by atomic mass is 10.2. The van der Waals surface area contributed by atoms with Crippen LogP contribution in [0, 0.1) is 0 Å². The van der Waals surface area contributed by atoms with Crippen LogP contribution in [0.2, 0.25) is 0 Å². The molecule has 8 nitrogen and oxygen atoms in total. The van der Waals surface area contributed by atoms with Crippen LogP contribution < -0.4 is 20.1 Å². The molecule has 3 aromatic rings. The molecule has 0 fully saturated rings. The molecule has 0 aliphatic carbocycles. The van der Waals surface area contributed by atoms with E-state index < -0.39 is 5.97 Å². The summed E-state index contributed by atoms with van der Waals surface area (Å²) in [6, 6.07) is 14.1. The quantitative estimate of drug-likeness (QED) is 0.598. The molecule has 2 aromatic carbocycles. The molecular weight excluding hydrogens is 360 g/mol. The largest absolute Gasteiger partial charge is 0.497 e. The summed E-state index contributed by atoms with van der Waals surface area (Å²) in [7, 11) is 4.51. The summed E-state index contributed by atoms with van der Waals surface area (Å²) in [6.07, 6.45) is 1.61. The van der Waals surface area contributed by atoms with E-state index >= 15 is 0 Å². The average Bonchev–Trinajstić information content (AvgIpc) is 2.74. The Labute approximate surface area is 162 Å². The zero-order valence-corrected chi connectivity index (χ0v) is 15.7. The minimum Gasteiger partial charge on any atom is -0.497 e. The van der Waals surface area contributed by atoms with Gasteiger partial charge in [0.1, 0.15) is 17.3 Å². The first-order valence-corrected chi connectivity index (χ1v) is 8.41. The molecule has 1 aromatic heterocycles. The van der Waals surface area contributed by atoms with Crippen molar-refractivity contribution >= 4 is 29.1 Å². The van der Waals surface area contributed by atoms with Crippen LogP contribution in [-0.2, 0) is 4.74 Å². The van der Waals surface area contributed by atoms with Crippen LogP contribution >= 0.6 is 0 Å². The molecule has 0 aliphatic rings. The Bertz CT molecular complexity index is 978. The predicted octanol–water partition coefficient (Wildman–Crippen LogP) is 3.77. The van der Waals surface area contributed by atoms with Crippen LogP contribution in [0.15, 0.2) is 54.7 Å². The fourth-order valence-corrected chi connectivity index (χ4v) is 2.53. The maximum atomic E-state index is 11.9. The SMILES string of the molecule is COC(=O)c1ccccc1Nc1nccc(Nc2ccc(OC)cc2OC)n1. The third-order valence-electron chi connectivity index (χ3n) is 3.91. The minimum atomic E-state index is -0.444. The zero-order chi connectivity index (χ0) is 19.9. The maximum Gasteiger partial charge on any atom is 0.339 e. The second-order valence-corrected chi connectivity index (χ2v) is 5.62. The van der Waals surface area contributed by atoms with Gasteiger partial charge in [0, 0.05) is 12.3 Å². The van der Waals surface area contributed by atoms with Gasteiger partial charge < -0.3 is 24.8 Å². The molecule has 2 N–H and O–H groups in total. The average molecular weight is 380 g/mol. The van der Waals surface area contributed by atoms with Gasteiger partial charge in [0.25, 0.3) is 0 Å². The van der Waals surface area contributed by atoms with Gasteiger partial charge in [-0.15, -0.1) is 0 Å². The summed E-state index contributed by atoms with van der Waals surface area (Å²) in [5.41, 5.74) is 1.67. The molecule has 1 heterocycles. The smallest absolute Gasteiger partial charge is 0.339 e. The zero-order valence-electron chi connectivity index (χ0n) is 15.7. The number of ether oxygens (including phenoxy) is 3. The lowest BCUT2D eigenvalue weighted by Gasteiger charge is -2.13. The summed E-state index contributed by atoms with van der Waals surface area (Å²) in [6.45, 7) is 0. The van der Waals surface area contributed by atoms with Crippen molar-refractivity contribution < 1.29 is 19.0 Å². The molecule has 0 amide bonds. The van der Waals surface area contributed by atoms with Crippen molar-refractivity contribution in [1.29, 1.82) is 0 Å². The molecule has 8 heteroatoms. The standard InChI is InChI=1S/C20H20N4O4/c1-26-13-8-9-16(17(12-13)27-2)22-18-10-11-21-20(24-18)23-15-7-5-4-6-14(15)19(25)28-3/h4-12H,1-3H3,(H2,21,22,23,24). The number of aromatic nitrogens is 2. The lowest BCUT2D eigenvalue weighted by molar-refractivity contribution is 0.0602. The fraction of sp³-hybridized carbons (Fsp3) is 0.150. The number of para-hydroxylation sites is 1. The number of hydrogen-bond donors (Lipinski definition) is 2. The van der Waals surface area contributed by atoms with Crippen molar-refractivity contribution in [1.82, 2.24) is 9.97 Å². The highest BCUT2D eigenvalue weighted by atomic mass is 16.5. The topological polar surface area (TPSA) is 94.6 Å². The first-order valence-electron chi connectivity index (χ1n) is 8.41. The van der Waals surface area contributed by atoms with Gasteiger partial charge in [-0.2, -0.15) is 4.98 Å². The first-order chi connectivity index (χ1) is 13.6. The van der Waals surface area contributed by atoms with Crippen LogP contribution in [0.3, 0.4) is 0 Å². The van der Waals surface area contributed by atoms with Crippen molar-refractivity contribution in [3.05, 3.63) is 60.3 Å². The second-order valence-electron chi connectivity index (χ2n) is 5.62. The first kappa shape index (κ1) is 19.0. The van der Waals surface area contributed by atoms with Crippen molar-refractivity contribution in [2.24, 2.45) is 0 Å². The molecule has 0 radical (unpaired) electrons. The molecule has 3 rings (SSSR count). The monoisotopic (exact) mass is 380 g/mol. The van der Waals surface area contributed by atoms with E-state index in [4.69, 9.17) is 14.2 Å². The van der Waals surface area contributed by atoms with E-state index in [1.807, 2.05) is 12.1 Å². The molecule has 144 valence electrons. The van der Waals surface area contributed by atoms with E-state index in [1.165, 1.54) is 7.11 Å². The van der Waals surface area contributed by atoms with Crippen LogP contribution in [0.1, 0.15) is 10.4 Å². The number of benzene rings is 2. The number of rotatable bonds is 7. The van der Waals surface area contributed by atoms with Crippen molar-refractivity contribution in [2.75, 3.05) is 32.0 Å². The molecule has 0 aliphatic heterocycles. The number of hydrogen-bond acceptors (Lipinski definition) is 8. The van der Waals surface area contributed by atoms with Gasteiger partial charge in [-0.3, -0.25) is 0 Å². The third kappa shape index (κ3) is 4.29. The molecule has 28 heavy (non-hydrogen) atoms. The Morgan fingerprint density at radius 3 is 2.50 bits per heavy atom. The van der Waals surface area contributed by atoms with Gasteiger partial charge >= 0.3 is 5.97 Å². The maximum absolute atomic E-state index is 11.9. The Morgan fingerprint density at radius 2 is 1.75 bits per heavy atom. The molecule has 0 unspecified atom stereocenters. The van der Waals surface area contributed by atoms with Crippen LogP contribution in [-0.4, -0.2) is 37.3 Å². The summed E-state index contributed by atoms with van der Waals surface area (Å²) >= 11 is 0. The summed E-state index contributed by atoms with van der Waals surface area (Å²) in [4.78, 5) is 20.6. The third-order valence-corrected chi connectivity index (χ3v) is 3.91. The molecule has 0 spiro atoms. The van der Waals surface area contributed by atoms with E-state index in [0.717, 1.165) is 5.69 Å². The fourth-order valence-electron chi connectivity index (χ4n) is 2.53. The lowest BCUT2D eigenvalue weighted by Crippen LogP contribution is -2.07. The van der Waals surface area contributed by atoms with Gasteiger partial charge in [0.15, 0.2) is 0 Å². The highest BCUT2D eigenvalue weighted by Gasteiger charge is 2.12. The van der Waals surface area contributed by atoms with Gasteiger partial charge in [0.2, 0.25) is 5.95 Å².